The fourth-order valence-electron chi connectivity index (χ4n) is 1.61. The maximum Gasteiger partial charge on any atom is 0.271 e. The van der Waals surface area contributed by atoms with Crippen molar-refractivity contribution >= 4 is 35.2 Å². The molecule has 0 spiro atoms. The van der Waals surface area contributed by atoms with Gasteiger partial charge >= 0.3 is 0 Å². The number of carbonyl (C=O) groups is 2. The van der Waals surface area contributed by atoms with Crippen LogP contribution in [-0.2, 0) is 4.79 Å². The Bertz CT molecular complexity index is 743. The van der Waals surface area contributed by atoms with Crippen LogP contribution in [0.15, 0.2) is 47.4 Å². The minimum absolute atomic E-state index is 0.0116. The van der Waals surface area contributed by atoms with Crippen LogP contribution in [-0.4, -0.2) is 17.6 Å². The number of halogens is 3. The van der Waals surface area contributed by atoms with E-state index in [0.717, 1.165) is 30.0 Å². The molecule has 2 aromatic carbocycles. The van der Waals surface area contributed by atoms with E-state index in [2.05, 4.69) is 10.9 Å². The molecule has 0 bridgehead atoms. The van der Waals surface area contributed by atoms with Crippen LogP contribution in [0.2, 0.25) is 5.02 Å². The average Bonchev–Trinajstić information content (AvgIpc) is 2.54. The van der Waals surface area contributed by atoms with E-state index >= 15 is 0 Å². The summed E-state index contributed by atoms with van der Waals surface area (Å²) in [6.45, 7) is 0. The predicted octanol–water partition coefficient (Wildman–Crippen LogP) is 3.17. The summed E-state index contributed by atoms with van der Waals surface area (Å²) in [6.07, 6.45) is 0. The Morgan fingerprint density at radius 3 is 2.57 bits per heavy atom. The van der Waals surface area contributed by atoms with Crippen LogP contribution >= 0.6 is 23.4 Å². The molecule has 0 saturated carbocycles. The lowest BCUT2D eigenvalue weighted by atomic mass is 10.2. The topological polar surface area (TPSA) is 58.2 Å². The van der Waals surface area contributed by atoms with Gasteiger partial charge in [-0.3, -0.25) is 20.4 Å². The molecular weight excluding hydrogens is 346 g/mol. The fraction of sp³-hybridized carbons (Fsp3) is 0.0667. The molecule has 4 nitrogen and oxygen atoms in total. The Labute approximate surface area is 140 Å². The zero-order valence-electron chi connectivity index (χ0n) is 11.6. The molecule has 2 rings (SSSR count). The van der Waals surface area contributed by atoms with Crippen molar-refractivity contribution < 1.29 is 18.4 Å². The Kier molecular flexibility index (Phi) is 5.95. The first kappa shape index (κ1) is 17.2. The lowest BCUT2D eigenvalue weighted by Gasteiger charge is -2.08. The van der Waals surface area contributed by atoms with Crippen LogP contribution in [0.25, 0.3) is 0 Å². The van der Waals surface area contributed by atoms with Crippen molar-refractivity contribution in [3.05, 3.63) is 64.7 Å². The Hall–Kier alpha value is -2.12. The van der Waals surface area contributed by atoms with Crippen LogP contribution in [0.4, 0.5) is 8.78 Å². The molecule has 2 aromatic rings. The highest BCUT2D eigenvalue weighted by atomic mass is 35.5. The molecule has 23 heavy (non-hydrogen) atoms. The number of hydrogen-bond acceptors (Lipinski definition) is 3. The average molecular weight is 357 g/mol. The Morgan fingerprint density at radius 2 is 1.83 bits per heavy atom. The number of thioether (sulfide) groups is 1. The van der Waals surface area contributed by atoms with Gasteiger partial charge in [-0.05, 0) is 30.3 Å². The predicted molar refractivity (Wildman–Crippen MR) is 84.1 cm³/mol. The lowest BCUT2D eigenvalue weighted by molar-refractivity contribution is -0.119. The number of hydrazine groups is 1. The third-order valence-corrected chi connectivity index (χ3v) is 4.05. The molecule has 120 valence electrons. The summed E-state index contributed by atoms with van der Waals surface area (Å²) < 4.78 is 26.4. The second-order valence-corrected chi connectivity index (χ2v) is 5.77. The van der Waals surface area contributed by atoms with Crippen LogP contribution in [0.1, 0.15) is 10.4 Å². The number of nitrogens with one attached hydrogen (secondary N) is 2. The Balaban J connectivity index is 1.85. The van der Waals surface area contributed by atoms with Gasteiger partial charge < -0.3 is 0 Å². The summed E-state index contributed by atoms with van der Waals surface area (Å²) in [5, 5.41) is 0.246. The second-order valence-electron chi connectivity index (χ2n) is 4.35. The van der Waals surface area contributed by atoms with Gasteiger partial charge in [0.25, 0.3) is 5.91 Å². The monoisotopic (exact) mass is 356 g/mol. The van der Waals surface area contributed by atoms with Gasteiger partial charge in [0.2, 0.25) is 5.91 Å². The SMILES string of the molecule is O=C(CSc1cc(F)ccc1F)NNC(=O)c1ccccc1Cl. The van der Waals surface area contributed by atoms with Crippen molar-refractivity contribution in [1.82, 2.24) is 10.9 Å². The van der Waals surface area contributed by atoms with Gasteiger partial charge in [-0.2, -0.15) is 0 Å². The van der Waals surface area contributed by atoms with Crippen LogP contribution < -0.4 is 10.9 Å². The van der Waals surface area contributed by atoms with Gasteiger partial charge in [-0.15, -0.1) is 11.8 Å². The van der Waals surface area contributed by atoms with Crippen molar-refractivity contribution in [2.24, 2.45) is 0 Å². The van der Waals surface area contributed by atoms with Crippen LogP contribution in [0.3, 0.4) is 0 Å². The number of benzene rings is 2. The van der Waals surface area contributed by atoms with E-state index in [9.17, 15) is 18.4 Å². The highest BCUT2D eigenvalue weighted by Crippen LogP contribution is 2.22. The van der Waals surface area contributed by atoms with Crippen LogP contribution in [0.5, 0.6) is 0 Å². The first-order valence-electron chi connectivity index (χ1n) is 6.39. The largest absolute Gasteiger partial charge is 0.272 e. The molecular formula is C15H11ClF2N2O2S. The molecule has 0 aliphatic heterocycles. The maximum absolute atomic E-state index is 13.4. The quantitative estimate of drug-likeness (QED) is 0.653. The minimum Gasteiger partial charge on any atom is -0.272 e. The molecule has 0 aliphatic carbocycles. The van der Waals surface area contributed by atoms with Crippen molar-refractivity contribution in [3.8, 4) is 0 Å². The summed E-state index contributed by atoms with van der Waals surface area (Å²) in [6, 6.07) is 9.31. The minimum atomic E-state index is -0.621. The normalized spacial score (nSPS) is 10.2. The van der Waals surface area contributed by atoms with Gasteiger partial charge in [0, 0.05) is 4.90 Å². The first-order chi connectivity index (χ1) is 11.0. The summed E-state index contributed by atoms with van der Waals surface area (Å²) in [5.41, 5.74) is 4.58. The lowest BCUT2D eigenvalue weighted by Crippen LogP contribution is -2.42. The molecule has 0 saturated heterocycles. The molecule has 0 radical (unpaired) electrons. The van der Waals surface area contributed by atoms with Gasteiger partial charge in [0.1, 0.15) is 11.6 Å². The van der Waals surface area contributed by atoms with Gasteiger partial charge in [0.05, 0.1) is 16.3 Å². The van der Waals surface area contributed by atoms with Crippen molar-refractivity contribution in [1.29, 1.82) is 0 Å². The molecule has 0 aromatic heterocycles. The second kappa shape index (κ2) is 7.94. The summed E-state index contributed by atoms with van der Waals surface area (Å²) in [4.78, 5) is 23.5. The Morgan fingerprint density at radius 1 is 1.09 bits per heavy atom. The van der Waals surface area contributed by atoms with E-state index < -0.39 is 23.4 Å². The number of carbonyl (C=O) groups excluding carboxylic acids is 2. The van der Waals surface area contributed by atoms with E-state index in [4.69, 9.17) is 11.6 Å². The molecule has 2 amide bonds. The van der Waals surface area contributed by atoms with Gasteiger partial charge in [0.15, 0.2) is 0 Å². The number of rotatable bonds is 4. The molecule has 2 N–H and O–H groups in total. The third kappa shape index (κ3) is 4.94. The molecule has 0 atom stereocenters. The molecule has 0 aliphatic rings. The number of hydrogen-bond donors (Lipinski definition) is 2. The van der Waals surface area contributed by atoms with E-state index in [1.54, 1.807) is 18.2 Å². The summed E-state index contributed by atoms with van der Waals surface area (Å²) in [5.74, 6) is -2.56. The van der Waals surface area contributed by atoms with E-state index in [0.29, 0.717) is 0 Å². The maximum atomic E-state index is 13.4. The standard InChI is InChI=1S/C15H11ClF2N2O2S/c16-11-4-2-1-3-10(11)15(22)20-19-14(21)8-23-13-7-9(17)5-6-12(13)18/h1-7H,8H2,(H,19,21)(H,20,22). The van der Waals surface area contributed by atoms with Crippen molar-refractivity contribution in [3.63, 3.8) is 0 Å². The molecule has 0 heterocycles. The smallest absolute Gasteiger partial charge is 0.271 e. The van der Waals surface area contributed by atoms with E-state index in [-0.39, 0.29) is 21.2 Å². The van der Waals surface area contributed by atoms with E-state index in [1.165, 1.54) is 6.07 Å². The van der Waals surface area contributed by atoms with Crippen molar-refractivity contribution in [2.75, 3.05) is 5.75 Å². The highest BCUT2D eigenvalue weighted by molar-refractivity contribution is 8.00. The fourth-order valence-corrected chi connectivity index (χ4v) is 2.59. The molecule has 0 fully saturated rings. The first-order valence-corrected chi connectivity index (χ1v) is 7.75. The van der Waals surface area contributed by atoms with Crippen molar-refractivity contribution in [2.45, 2.75) is 4.90 Å². The zero-order valence-corrected chi connectivity index (χ0v) is 13.2. The summed E-state index contributed by atoms with van der Waals surface area (Å²) >= 11 is 6.67. The zero-order chi connectivity index (χ0) is 16.8. The number of amides is 2. The summed E-state index contributed by atoms with van der Waals surface area (Å²) in [7, 11) is 0. The van der Waals surface area contributed by atoms with Gasteiger partial charge in [-0.1, -0.05) is 23.7 Å². The van der Waals surface area contributed by atoms with Gasteiger partial charge in [-0.25, -0.2) is 8.78 Å². The molecule has 0 unspecified atom stereocenters. The molecule has 8 heteroatoms. The van der Waals surface area contributed by atoms with E-state index in [1.807, 2.05) is 0 Å². The van der Waals surface area contributed by atoms with Crippen LogP contribution in [0, 0.1) is 11.6 Å². The highest BCUT2D eigenvalue weighted by Gasteiger charge is 2.12. The third-order valence-electron chi connectivity index (χ3n) is 2.69.